The van der Waals surface area contributed by atoms with E-state index in [-0.39, 0.29) is 18.7 Å². The minimum absolute atomic E-state index is 0.221. The number of aliphatic hydroxyl groups is 1. The largest absolute Gasteiger partial charge is 0.447 e. The van der Waals surface area contributed by atoms with Gasteiger partial charge in [-0.05, 0) is 6.92 Å². The lowest BCUT2D eigenvalue weighted by molar-refractivity contribution is 0.0824. The van der Waals surface area contributed by atoms with Crippen molar-refractivity contribution in [2.45, 2.75) is 19.1 Å². The number of aryl methyl sites for hydroxylation is 1. The Bertz CT molecular complexity index is 390. The van der Waals surface area contributed by atoms with Crippen LogP contribution in [-0.4, -0.2) is 44.8 Å². The van der Waals surface area contributed by atoms with Crippen LogP contribution in [0.15, 0.2) is 12.5 Å². The van der Waals surface area contributed by atoms with Gasteiger partial charge in [-0.2, -0.15) is 0 Å². The first kappa shape index (κ1) is 10.9. The van der Waals surface area contributed by atoms with E-state index >= 15 is 0 Å². The normalized spacial score (nSPS) is 22.3. The molecule has 6 heteroatoms. The maximum Gasteiger partial charge on any atom is 0.410 e. The summed E-state index contributed by atoms with van der Waals surface area (Å²) in [6, 6.07) is -0.326. The van der Waals surface area contributed by atoms with E-state index in [0.717, 1.165) is 0 Å². The molecule has 16 heavy (non-hydrogen) atoms. The molecule has 1 fully saturated rings. The Hall–Kier alpha value is -1.56. The van der Waals surface area contributed by atoms with Gasteiger partial charge in [0, 0.05) is 13.6 Å². The molecule has 1 saturated heterocycles. The van der Waals surface area contributed by atoms with Crippen molar-refractivity contribution in [2.75, 3.05) is 13.2 Å². The highest BCUT2D eigenvalue weighted by Gasteiger charge is 2.38. The van der Waals surface area contributed by atoms with E-state index in [1.165, 1.54) is 4.90 Å². The monoisotopic (exact) mass is 225 g/mol. The van der Waals surface area contributed by atoms with E-state index < -0.39 is 6.10 Å². The number of cyclic esters (lactones) is 1. The molecule has 0 saturated carbocycles. The van der Waals surface area contributed by atoms with Crippen LogP contribution in [0.3, 0.4) is 0 Å². The number of carbonyl (C=O) groups is 1. The van der Waals surface area contributed by atoms with E-state index in [1.807, 2.05) is 6.92 Å². The summed E-state index contributed by atoms with van der Waals surface area (Å²) >= 11 is 0. The van der Waals surface area contributed by atoms with Crippen molar-refractivity contribution in [1.82, 2.24) is 14.5 Å². The third kappa shape index (κ3) is 1.65. The van der Waals surface area contributed by atoms with Gasteiger partial charge in [0.2, 0.25) is 0 Å². The van der Waals surface area contributed by atoms with E-state index in [9.17, 15) is 9.90 Å². The summed E-state index contributed by atoms with van der Waals surface area (Å²) in [5.74, 6) is 0. The molecule has 0 radical (unpaired) electrons. The molecule has 0 bridgehead atoms. The number of rotatable bonds is 3. The molecule has 1 aromatic rings. The quantitative estimate of drug-likeness (QED) is 0.803. The number of aliphatic hydroxyl groups excluding tert-OH is 1. The number of ether oxygens (including phenoxy) is 1. The second kappa shape index (κ2) is 4.13. The van der Waals surface area contributed by atoms with Crippen molar-refractivity contribution in [2.24, 2.45) is 7.05 Å². The van der Waals surface area contributed by atoms with E-state index in [0.29, 0.717) is 12.2 Å². The molecule has 1 aliphatic heterocycles. The molecule has 2 rings (SSSR count). The Kier molecular flexibility index (Phi) is 2.82. The van der Waals surface area contributed by atoms with Crippen molar-refractivity contribution >= 4 is 6.09 Å². The molecule has 0 aliphatic carbocycles. The molecular formula is C10H15N3O3. The molecule has 6 nitrogen and oxygen atoms in total. The highest BCUT2D eigenvalue weighted by molar-refractivity contribution is 5.70. The van der Waals surface area contributed by atoms with Gasteiger partial charge in [-0.1, -0.05) is 0 Å². The molecule has 2 atom stereocenters. The summed E-state index contributed by atoms with van der Waals surface area (Å²) in [4.78, 5) is 16.8. The van der Waals surface area contributed by atoms with Gasteiger partial charge in [0.25, 0.3) is 0 Å². The van der Waals surface area contributed by atoms with Crippen molar-refractivity contribution in [1.29, 1.82) is 0 Å². The first-order valence-electron chi connectivity index (χ1n) is 5.22. The summed E-state index contributed by atoms with van der Waals surface area (Å²) in [5.41, 5.74) is 0.682. The number of amides is 1. The fourth-order valence-electron chi connectivity index (χ4n) is 1.94. The molecule has 1 aromatic heterocycles. The zero-order valence-electron chi connectivity index (χ0n) is 9.33. The lowest BCUT2D eigenvalue weighted by atomic mass is 10.1. The van der Waals surface area contributed by atoms with Gasteiger partial charge in [0.1, 0.15) is 18.8 Å². The topological polar surface area (TPSA) is 67.6 Å². The van der Waals surface area contributed by atoms with Crippen molar-refractivity contribution in [3.05, 3.63) is 18.2 Å². The average molecular weight is 225 g/mol. The lowest BCUT2D eigenvalue weighted by Crippen LogP contribution is -2.38. The molecule has 0 spiro atoms. The van der Waals surface area contributed by atoms with Crippen LogP contribution in [0.2, 0.25) is 0 Å². The second-order valence-electron chi connectivity index (χ2n) is 3.80. The molecule has 1 aliphatic rings. The fraction of sp³-hybridized carbons (Fsp3) is 0.600. The van der Waals surface area contributed by atoms with Gasteiger partial charge in [0.15, 0.2) is 0 Å². The van der Waals surface area contributed by atoms with Crippen LogP contribution in [0, 0.1) is 0 Å². The van der Waals surface area contributed by atoms with Gasteiger partial charge in [-0.25, -0.2) is 9.78 Å². The predicted octanol–water partition coefficient (Wildman–Crippen LogP) is 0.294. The first-order valence-corrected chi connectivity index (χ1v) is 5.22. The average Bonchev–Trinajstić information content (AvgIpc) is 2.83. The Labute approximate surface area is 93.4 Å². The number of aromatic nitrogens is 2. The highest BCUT2D eigenvalue weighted by Crippen LogP contribution is 2.25. The number of hydrogen-bond donors (Lipinski definition) is 1. The molecular weight excluding hydrogens is 210 g/mol. The van der Waals surface area contributed by atoms with Gasteiger partial charge >= 0.3 is 6.09 Å². The van der Waals surface area contributed by atoms with Crippen LogP contribution in [0.5, 0.6) is 0 Å². The van der Waals surface area contributed by atoms with Crippen LogP contribution in [-0.2, 0) is 11.8 Å². The summed E-state index contributed by atoms with van der Waals surface area (Å²) in [5, 5.41) is 10.2. The Balaban J connectivity index is 2.19. The smallest absolute Gasteiger partial charge is 0.410 e. The summed E-state index contributed by atoms with van der Waals surface area (Å²) in [6.07, 6.45) is 2.08. The second-order valence-corrected chi connectivity index (χ2v) is 3.80. The molecule has 1 N–H and O–H groups in total. The number of carbonyl (C=O) groups excluding carboxylic acids is 1. The van der Waals surface area contributed by atoms with E-state index in [1.54, 1.807) is 24.1 Å². The maximum absolute atomic E-state index is 11.3. The van der Waals surface area contributed by atoms with Gasteiger partial charge in [-0.15, -0.1) is 0 Å². The zero-order chi connectivity index (χ0) is 11.7. The molecule has 2 heterocycles. The number of hydrogen-bond acceptors (Lipinski definition) is 4. The molecule has 88 valence electrons. The van der Waals surface area contributed by atoms with Crippen molar-refractivity contribution in [3.8, 4) is 0 Å². The van der Waals surface area contributed by atoms with E-state index in [2.05, 4.69) is 4.98 Å². The maximum atomic E-state index is 11.3. The van der Waals surface area contributed by atoms with Crippen molar-refractivity contribution in [3.63, 3.8) is 0 Å². The summed E-state index contributed by atoms with van der Waals surface area (Å²) in [6.45, 7) is 2.60. The van der Waals surface area contributed by atoms with Crippen LogP contribution >= 0.6 is 0 Å². The minimum Gasteiger partial charge on any atom is -0.447 e. The molecule has 1 unspecified atom stereocenters. The van der Waals surface area contributed by atoms with Crippen LogP contribution in [0.25, 0.3) is 0 Å². The van der Waals surface area contributed by atoms with Crippen LogP contribution < -0.4 is 0 Å². The Morgan fingerprint density at radius 1 is 1.75 bits per heavy atom. The van der Waals surface area contributed by atoms with Gasteiger partial charge in [0.05, 0.1) is 18.2 Å². The lowest BCUT2D eigenvalue weighted by Gasteiger charge is -2.24. The number of nitrogens with zero attached hydrogens (tertiary/aromatic N) is 3. The minimum atomic E-state index is -0.765. The zero-order valence-corrected chi connectivity index (χ0v) is 9.33. The Morgan fingerprint density at radius 2 is 2.50 bits per heavy atom. The third-order valence-corrected chi connectivity index (χ3v) is 2.87. The van der Waals surface area contributed by atoms with Gasteiger partial charge in [-0.3, -0.25) is 4.90 Å². The summed E-state index contributed by atoms with van der Waals surface area (Å²) in [7, 11) is 1.81. The van der Waals surface area contributed by atoms with Crippen molar-refractivity contribution < 1.29 is 14.6 Å². The predicted molar refractivity (Wildman–Crippen MR) is 55.7 cm³/mol. The summed E-state index contributed by atoms with van der Waals surface area (Å²) < 4.78 is 6.66. The molecule has 1 amide bonds. The standard InChI is InChI=1S/C10H15N3O3/c1-3-13-8(5-16-10(13)15)9(14)7-4-11-6-12(7)2/h4,6,8-9,14H,3,5H2,1-2H3/t8?,9-/m1/s1. The van der Waals surface area contributed by atoms with Gasteiger partial charge < -0.3 is 14.4 Å². The fourth-order valence-corrected chi connectivity index (χ4v) is 1.94. The highest BCUT2D eigenvalue weighted by atomic mass is 16.6. The Morgan fingerprint density at radius 3 is 3.06 bits per heavy atom. The van der Waals surface area contributed by atoms with Crippen LogP contribution in [0.4, 0.5) is 4.79 Å². The number of imidazole rings is 1. The first-order chi connectivity index (χ1) is 7.65. The SMILES string of the molecule is CCN1C(=O)OCC1[C@H](O)c1cncn1C. The van der Waals surface area contributed by atoms with E-state index in [4.69, 9.17) is 4.74 Å². The number of likely N-dealkylation sites (N-methyl/N-ethyl adjacent to an activating group) is 1. The molecule has 0 aromatic carbocycles. The third-order valence-electron chi connectivity index (χ3n) is 2.87. The van der Waals surface area contributed by atoms with Crippen LogP contribution in [0.1, 0.15) is 18.7 Å².